The highest BCUT2D eigenvalue weighted by Crippen LogP contribution is 2.29. The van der Waals surface area contributed by atoms with Gasteiger partial charge in [0.25, 0.3) is 0 Å². The largest absolute Gasteiger partial charge is 0.444 e. The SMILES string of the molecule is Cc1cccc(CCCN(C(=O)OC(C)(C)C)[C@H](C)c2cccc3ccccc23)c1. The van der Waals surface area contributed by atoms with Crippen molar-refractivity contribution in [1.29, 1.82) is 0 Å². The van der Waals surface area contributed by atoms with Crippen molar-refractivity contribution < 1.29 is 9.53 Å². The molecule has 1 amide bonds. The van der Waals surface area contributed by atoms with E-state index in [9.17, 15) is 4.79 Å². The first kappa shape index (κ1) is 21.9. The lowest BCUT2D eigenvalue weighted by atomic mass is 9.98. The highest BCUT2D eigenvalue weighted by Gasteiger charge is 2.27. The van der Waals surface area contributed by atoms with E-state index in [0.29, 0.717) is 6.54 Å². The van der Waals surface area contributed by atoms with Crippen LogP contribution >= 0.6 is 0 Å². The van der Waals surface area contributed by atoms with Crippen molar-refractivity contribution >= 4 is 16.9 Å². The van der Waals surface area contributed by atoms with Crippen LogP contribution in [0.2, 0.25) is 0 Å². The second-order valence-corrected chi connectivity index (χ2v) is 9.01. The number of ether oxygens (including phenoxy) is 1. The molecule has 0 heterocycles. The fraction of sp³-hybridized carbons (Fsp3) is 0.370. The van der Waals surface area contributed by atoms with E-state index in [2.05, 4.69) is 68.4 Å². The molecule has 0 saturated carbocycles. The summed E-state index contributed by atoms with van der Waals surface area (Å²) in [6.07, 6.45) is 1.56. The number of amides is 1. The van der Waals surface area contributed by atoms with Gasteiger partial charge in [0.05, 0.1) is 6.04 Å². The van der Waals surface area contributed by atoms with Crippen LogP contribution in [-0.4, -0.2) is 23.1 Å². The maximum absolute atomic E-state index is 13.1. The molecule has 3 aromatic rings. The van der Waals surface area contributed by atoms with E-state index in [-0.39, 0.29) is 12.1 Å². The van der Waals surface area contributed by atoms with E-state index in [4.69, 9.17) is 4.74 Å². The summed E-state index contributed by atoms with van der Waals surface area (Å²) in [4.78, 5) is 15.0. The van der Waals surface area contributed by atoms with Crippen LogP contribution in [-0.2, 0) is 11.2 Å². The predicted molar refractivity (Wildman–Crippen MR) is 125 cm³/mol. The van der Waals surface area contributed by atoms with Crippen molar-refractivity contribution in [1.82, 2.24) is 4.90 Å². The van der Waals surface area contributed by atoms with Gasteiger partial charge in [-0.25, -0.2) is 4.79 Å². The molecule has 0 fully saturated rings. The molecule has 3 heteroatoms. The molecule has 0 radical (unpaired) electrons. The van der Waals surface area contributed by atoms with Crippen LogP contribution < -0.4 is 0 Å². The number of aryl methyl sites for hydroxylation is 2. The third-order valence-electron chi connectivity index (χ3n) is 5.32. The van der Waals surface area contributed by atoms with Crippen LogP contribution in [0.1, 0.15) is 56.8 Å². The number of hydrogen-bond acceptors (Lipinski definition) is 2. The Labute approximate surface area is 180 Å². The zero-order valence-electron chi connectivity index (χ0n) is 18.8. The number of nitrogens with zero attached hydrogens (tertiary/aromatic N) is 1. The molecule has 0 N–H and O–H groups in total. The molecule has 0 aromatic heterocycles. The quantitative estimate of drug-likeness (QED) is 0.440. The average Bonchev–Trinajstić information content (AvgIpc) is 2.69. The van der Waals surface area contributed by atoms with Gasteiger partial charge in [0, 0.05) is 6.54 Å². The molecule has 0 bridgehead atoms. The first-order valence-electron chi connectivity index (χ1n) is 10.8. The van der Waals surface area contributed by atoms with Crippen molar-refractivity contribution in [2.75, 3.05) is 6.54 Å². The molecule has 30 heavy (non-hydrogen) atoms. The third-order valence-corrected chi connectivity index (χ3v) is 5.32. The molecule has 0 aliphatic rings. The Morgan fingerprint density at radius 1 is 1.00 bits per heavy atom. The first-order valence-corrected chi connectivity index (χ1v) is 10.8. The maximum Gasteiger partial charge on any atom is 0.410 e. The molecule has 3 aromatic carbocycles. The maximum atomic E-state index is 13.1. The summed E-state index contributed by atoms with van der Waals surface area (Å²) in [6.45, 7) is 10.6. The van der Waals surface area contributed by atoms with Crippen LogP contribution in [0.4, 0.5) is 4.79 Å². The smallest absolute Gasteiger partial charge is 0.410 e. The number of benzene rings is 3. The summed E-state index contributed by atoms with van der Waals surface area (Å²) in [5.41, 5.74) is 3.19. The van der Waals surface area contributed by atoms with Gasteiger partial charge < -0.3 is 9.64 Å². The minimum Gasteiger partial charge on any atom is -0.444 e. The predicted octanol–water partition coefficient (Wildman–Crippen LogP) is 7.08. The lowest BCUT2D eigenvalue weighted by molar-refractivity contribution is 0.0172. The summed E-state index contributed by atoms with van der Waals surface area (Å²) < 4.78 is 5.76. The van der Waals surface area contributed by atoms with E-state index >= 15 is 0 Å². The summed E-state index contributed by atoms with van der Waals surface area (Å²) in [6, 6.07) is 23.1. The Morgan fingerprint density at radius 2 is 1.70 bits per heavy atom. The van der Waals surface area contributed by atoms with E-state index in [1.807, 2.05) is 37.8 Å². The topological polar surface area (TPSA) is 29.5 Å². The minimum absolute atomic E-state index is 0.0801. The molecular formula is C27H33NO2. The summed E-state index contributed by atoms with van der Waals surface area (Å²) in [5, 5.41) is 2.37. The number of carbonyl (C=O) groups excluding carboxylic acids is 1. The normalized spacial score (nSPS) is 12.6. The fourth-order valence-corrected chi connectivity index (χ4v) is 3.87. The van der Waals surface area contributed by atoms with Crippen LogP contribution in [0.15, 0.2) is 66.7 Å². The van der Waals surface area contributed by atoms with Crippen molar-refractivity contribution in [3.8, 4) is 0 Å². The zero-order valence-corrected chi connectivity index (χ0v) is 18.8. The lowest BCUT2D eigenvalue weighted by Crippen LogP contribution is -2.39. The van der Waals surface area contributed by atoms with Crippen LogP contribution in [0.3, 0.4) is 0 Å². The Hall–Kier alpha value is -2.81. The van der Waals surface area contributed by atoms with Gasteiger partial charge >= 0.3 is 6.09 Å². The van der Waals surface area contributed by atoms with Crippen molar-refractivity contribution in [2.45, 2.75) is 59.1 Å². The summed E-state index contributed by atoms with van der Waals surface area (Å²) >= 11 is 0. The Kier molecular flexibility index (Phi) is 6.81. The summed E-state index contributed by atoms with van der Waals surface area (Å²) in [7, 11) is 0. The highest BCUT2D eigenvalue weighted by atomic mass is 16.6. The number of carbonyl (C=O) groups is 1. The fourth-order valence-electron chi connectivity index (χ4n) is 3.87. The lowest BCUT2D eigenvalue weighted by Gasteiger charge is -2.32. The van der Waals surface area contributed by atoms with Gasteiger partial charge in [0.2, 0.25) is 0 Å². The molecule has 3 nitrogen and oxygen atoms in total. The van der Waals surface area contributed by atoms with Crippen molar-refractivity contribution in [3.05, 3.63) is 83.4 Å². The van der Waals surface area contributed by atoms with Gasteiger partial charge in [0.1, 0.15) is 5.60 Å². The van der Waals surface area contributed by atoms with E-state index in [1.165, 1.54) is 21.9 Å². The molecular weight excluding hydrogens is 370 g/mol. The Bertz CT molecular complexity index is 998. The number of rotatable bonds is 6. The van der Waals surface area contributed by atoms with Gasteiger partial charge in [-0.2, -0.15) is 0 Å². The molecule has 1 atom stereocenters. The molecule has 0 saturated heterocycles. The summed E-state index contributed by atoms with van der Waals surface area (Å²) in [5.74, 6) is 0. The Morgan fingerprint density at radius 3 is 2.43 bits per heavy atom. The van der Waals surface area contributed by atoms with Crippen molar-refractivity contribution in [3.63, 3.8) is 0 Å². The van der Waals surface area contributed by atoms with E-state index in [0.717, 1.165) is 18.4 Å². The van der Waals surface area contributed by atoms with Gasteiger partial charge in [-0.1, -0.05) is 72.3 Å². The molecule has 0 spiro atoms. The Balaban J connectivity index is 1.83. The van der Waals surface area contributed by atoms with Gasteiger partial charge in [-0.05, 0) is 69.4 Å². The molecule has 158 valence electrons. The molecule has 0 unspecified atom stereocenters. The monoisotopic (exact) mass is 403 g/mol. The molecule has 0 aliphatic heterocycles. The zero-order chi connectivity index (χ0) is 21.7. The standard InChI is InChI=1S/C27H33NO2/c1-20-11-8-12-22(19-20)13-10-18-28(26(29)30-27(3,4)5)21(2)24-17-9-15-23-14-6-7-16-25(23)24/h6-9,11-12,14-17,19,21H,10,13,18H2,1-5H3/t21-/m1/s1. The van der Waals surface area contributed by atoms with E-state index in [1.54, 1.807) is 0 Å². The number of hydrogen-bond donors (Lipinski definition) is 0. The van der Waals surface area contributed by atoms with Gasteiger partial charge in [0.15, 0.2) is 0 Å². The van der Waals surface area contributed by atoms with Crippen LogP contribution in [0, 0.1) is 6.92 Å². The van der Waals surface area contributed by atoms with Gasteiger partial charge in [-0.3, -0.25) is 0 Å². The molecule has 3 rings (SSSR count). The van der Waals surface area contributed by atoms with Crippen molar-refractivity contribution in [2.24, 2.45) is 0 Å². The van der Waals surface area contributed by atoms with Gasteiger partial charge in [-0.15, -0.1) is 0 Å². The average molecular weight is 404 g/mol. The minimum atomic E-state index is -0.523. The second-order valence-electron chi connectivity index (χ2n) is 9.01. The second kappa shape index (κ2) is 9.34. The number of fused-ring (bicyclic) bond motifs is 1. The third kappa shape index (κ3) is 5.63. The first-order chi connectivity index (χ1) is 14.2. The van der Waals surface area contributed by atoms with Crippen LogP contribution in [0.25, 0.3) is 10.8 Å². The van der Waals surface area contributed by atoms with Crippen LogP contribution in [0.5, 0.6) is 0 Å². The highest BCUT2D eigenvalue weighted by molar-refractivity contribution is 5.86. The van der Waals surface area contributed by atoms with E-state index < -0.39 is 5.60 Å². The molecule has 0 aliphatic carbocycles.